The van der Waals surface area contributed by atoms with Crippen LogP contribution >= 0.6 is 33.9 Å². The minimum absolute atomic E-state index is 0.0203. The van der Waals surface area contributed by atoms with Gasteiger partial charge in [0.25, 0.3) is 5.13 Å². The maximum Gasteiger partial charge on any atom is 0.251 e. The predicted octanol–water partition coefficient (Wildman–Crippen LogP) is 4.14. The Morgan fingerprint density at radius 2 is 2.00 bits per heavy atom. The van der Waals surface area contributed by atoms with Crippen LogP contribution < -0.4 is 0 Å². The van der Waals surface area contributed by atoms with E-state index in [4.69, 9.17) is 0 Å². The highest BCUT2D eigenvalue weighted by atomic mass is 127. The molecule has 0 aliphatic heterocycles. The van der Waals surface area contributed by atoms with Crippen LogP contribution in [0, 0.1) is 3.57 Å². The third kappa shape index (κ3) is 3.38. The predicted molar refractivity (Wildman–Crippen MR) is 90.2 cm³/mol. The molecule has 1 unspecified atom stereocenters. The molecule has 0 amide bonds. The van der Waals surface area contributed by atoms with E-state index in [-0.39, 0.29) is 23.2 Å². The number of carbonyl (C=O) groups is 1. The standard InChI is InChI=1S/C14H11IN4O2S/c15-10-3-1-8(2-4-10)9-5-11(20)13(12(21)6-9)17-19-14-18-16-7-22-14/h1-4,7,9,20H,5-6H2. The van der Waals surface area contributed by atoms with Crippen LogP contribution in [0.15, 0.2) is 51.5 Å². The molecular weight excluding hydrogens is 415 g/mol. The molecule has 0 radical (unpaired) electrons. The maximum absolute atomic E-state index is 12.2. The topological polar surface area (TPSA) is 87.8 Å². The van der Waals surface area contributed by atoms with E-state index < -0.39 is 0 Å². The van der Waals surface area contributed by atoms with Gasteiger partial charge < -0.3 is 5.11 Å². The number of benzene rings is 1. The molecule has 1 aromatic carbocycles. The van der Waals surface area contributed by atoms with E-state index in [9.17, 15) is 9.90 Å². The molecule has 0 fully saturated rings. The van der Waals surface area contributed by atoms with Gasteiger partial charge in [0.05, 0.1) is 0 Å². The molecule has 0 saturated heterocycles. The molecule has 3 rings (SSSR count). The van der Waals surface area contributed by atoms with E-state index >= 15 is 0 Å². The molecule has 1 atom stereocenters. The second kappa shape index (κ2) is 6.61. The maximum atomic E-state index is 12.2. The van der Waals surface area contributed by atoms with Gasteiger partial charge in [-0.05, 0) is 46.2 Å². The number of rotatable bonds is 3. The fraction of sp³-hybridized carbons (Fsp3) is 0.214. The molecule has 8 heteroatoms. The van der Waals surface area contributed by atoms with E-state index in [0.717, 1.165) is 9.13 Å². The lowest BCUT2D eigenvalue weighted by Gasteiger charge is -2.21. The molecule has 0 spiro atoms. The van der Waals surface area contributed by atoms with Gasteiger partial charge in [-0.25, -0.2) is 0 Å². The number of aromatic nitrogens is 2. The van der Waals surface area contributed by atoms with Gasteiger partial charge in [-0.3, -0.25) is 4.79 Å². The van der Waals surface area contributed by atoms with Crippen molar-refractivity contribution in [3.8, 4) is 0 Å². The molecule has 0 bridgehead atoms. The molecule has 6 nitrogen and oxygen atoms in total. The van der Waals surface area contributed by atoms with Crippen LogP contribution in [0.5, 0.6) is 0 Å². The Hall–Kier alpha value is -1.68. The van der Waals surface area contributed by atoms with E-state index in [0.29, 0.717) is 18.0 Å². The van der Waals surface area contributed by atoms with Gasteiger partial charge in [-0.1, -0.05) is 23.5 Å². The second-order valence-electron chi connectivity index (χ2n) is 4.80. The largest absolute Gasteiger partial charge is 0.510 e. The summed E-state index contributed by atoms with van der Waals surface area (Å²) >= 11 is 3.45. The van der Waals surface area contributed by atoms with Gasteiger partial charge in [-0.15, -0.1) is 20.4 Å². The first-order chi connectivity index (χ1) is 10.6. The van der Waals surface area contributed by atoms with Crippen molar-refractivity contribution in [3.63, 3.8) is 0 Å². The number of aliphatic hydroxyl groups excluding tert-OH is 1. The average Bonchev–Trinajstić information content (AvgIpc) is 3.00. The van der Waals surface area contributed by atoms with Crippen molar-refractivity contribution in [2.45, 2.75) is 18.8 Å². The summed E-state index contributed by atoms with van der Waals surface area (Å²) in [5.74, 6) is -0.251. The van der Waals surface area contributed by atoms with Crippen LogP contribution in [-0.4, -0.2) is 21.1 Å². The van der Waals surface area contributed by atoms with Gasteiger partial charge in [-0.2, -0.15) is 0 Å². The Labute approximate surface area is 144 Å². The van der Waals surface area contributed by atoms with Crippen molar-refractivity contribution in [3.05, 3.63) is 50.4 Å². The number of nitrogens with zero attached hydrogens (tertiary/aromatic N) is 4. The number of hydrogen-bond donors (Lipinski definition) is 1. The number of allylic oxidation sites excluding steroid dienone is 2. The summed E-state index contributed by atoms with van der Waals surface area (Å²) in [5.41, 5.74) is 2.59. The van der Waals surface area contributed by atoms with Gasteiger partial charge in [0, 0.05) is 16.4 Å². The van der Waals surface area contributed by atoms with Crippen LogP contribution in [0.1, 0.15) is 24.3 Å². The molecule has 1 aromatic heterocycles. The summed E-state index contributed by atoms with van der Waals surface area (Å²) in [6, 6.07) is 7.96. The Morgan fingerprint density at radius 1 is 1.23 bits per heavy atom. The van der Waals surface area contributed by atoms with Crippen molar-refractivity contribution in [1.29, 1.82) is 0 Å². The van der Waals surface area contributed by atoms with Gasteiger partial charge >= 0.3 is 0 Å². The van der Waals surface area contributed by atoms with Crippen molar-refractivity contribution >= 4 is 44.8 Å². The average molecular weight is 426 g/mol. The third-order valence-electron chi connectivity index (χ3n) is 3.33. The Kier molecular flexibility index (Phi) is 4.57. The van der Waals surface area contributed by atoms with Crippen LogP contribution in [0.2, 0.25) is 0 Å². The highest BCUT2D eigenvalue weighted by Crippen LogP contribution is 2.34. The van der Waals surface area contributed by atoms with Crippen LogP contribution in [-0.2, 0) is 4.79 Å². The van der Waals surface area contributed by atoms with Crippen molar-refractivity contribution < 1.29 is 9.90 Å². The number of carbonyl (C=O) groups excluding carboxylic acids is 1. The second-order valence-corrected chi connectivity index (χ2v) is 6.85. The summed E-state index contributed by atoms with van der Waals surface area (Å²) < 4.78 is 1.13. The van der Waals surface area contributed by atoms with E-state index in [1.807, 2.05) is 24.3 Å². The third-order valence-corrected chi connectivity index (χ3v) is 4.63. The fourth-order valence-corrected chi connectivity index (χ4v) is 3.00. The molecule has 1 aliphatic rings. The number of hydrogen-bond acceptors (Lipinski definition) is 7. The minimum Gasteiger partial charge on any atom is -0.510 e. The lowest BCUT2D eigenvalue weighted by Crippen LogP contribution is -2.17. The number of ketones is 1. The normalized spacial score (nSPS) is 19.1. The van der Waals surface area contributed by atoms with Gasteiger partial charge in [0.2, 0.25) is 0 Å². The summed E-state index contributed by atoms with van der Waals surface area (Å²) in [6.45, 7) is 0. The highest BCUT2D eigenvalue weighted by Gasteiger charge is 2.29. The first-order valence-corrected chi connectivity index (χ1v) is 8.48. The van der Waals surface area contributed by atoms with Crippen molar-refractivity contribution in [1.82, 2.24) is 10.2 Å². The minimum atomic E-state index is -0.208. The zero-order valence-electron chi connectivity index (χ0n) is 11.3. The van der Waals surface area contributed by atoms with Crippen LogP contribution in [0.25, 0.3) is 0 Å². The van der Waals surface area contributed by atoms with E-state index in [2.05, 4.69) is 43.0 Å². The SMILES string of the molecule is O=C1CC(c2ccc(I)cc2)CC(O)=C1N=Nc1nncs1. The Bertz CT molecular complexity index is 741. The summed E-state index contributed by atoms with van der Waals surface area (Å²) in [7, 11) is 0. The number of aliphatic hydroxyl groups is 1. The molecule has 112 valence electrons. The fourth-order valence-electron chi connectivity index (χ4n) is 2.27. The zero-order chi connectivity index (χ0) is 15.5. The Morgan fingerprint density at radius 3 is 2.64 bits per heavy atom. The van der Waals surface area contributed by atoms with E-state index in [1.165, 1.54) is 16.8 Å². The molecule has 22 heavy (non-hydrogen) atoms. The van der Waals surface area contributed by atoms with Crippen LogP contribution in [0.3, 0.4) is 0 Å². The van der Waals surface area contributed by atoms with Gasteiger partial charge in [0.15, 0.2) is 11.5 Å². The summed E-state index contributed by atoms with van der Waals surface area (Å²) in [5, 5.41) is 25.5. The quantitative estimate of drug-likeness (QED) is 0.590. The zero-order valence-corrected chi connectivity index (χ0v) is 14.3. The number of halogens is 1. The molecule has 0 saturated carbocycles. The lowest BCUT2D eigenvalue weighted by atomic mass is 9.85. The smallest absolute Gasteiger partial charge is 0.251 e. The molecule has 1 aliphatic carbocycles. The first kappa shape index (κ1) is 15.2. The molecule has 2 aromatic rings. The van der Waals surface area contributed by atoms with E-state index in [1.54, 1.807) is 0 Å². The Balaban J connectivity index is 1.81. The van der Waals surface area contributed by atoms with Gasteiger partial charge in [0.1, 0.15) is 11.3 Å². The first-order valence-electron chi connectivity index (χ1n) is 6.52. The monoisotopic (exact) mass is 426 g/mol. The van der Waals surface area contributed by atoms with Crippen LogP contribution in [0.4, 0.5) is 5.13 Å². The van der Waals surface area contributed by atoms with Crippen molar-refractivity contribution in [2.75, 3.05) is 0 Å². The molecule has 1 heterocycles. The molecule has 1 N–H and O–H groups in total. The number of azo groups is 1. The molecular formula is C14H11IN4O2S. The van der Waals surface area contributed by atoms with Crippen molar-refractivity contribution in [2.24, 2.45) is 10.2 Å². The lowest BCUT2D eigenvalue weighted by molar-refractivity contribution is -0.116. The summed E-state index contributed by atoms with van der Waals surface area (Å²) in [6.07, 6.45) is 0.700. The summed E-state index contributed by atoms with van der Waals surface area (Å²) in [4.78, 5) is 12.2. The number of Topliss-reactive ketones (excluding diaryl/α,β-unsaturated/α-hetero) is 1. The highest BCUT2D eigenvalue weighted by molar-refractivity contribution is 14.1.